The van der Waals surface area contributed by atoms with Gasteiger partial charge < -0.3 is 5.73 Å². The number of nitrogens with zero attached hydrogens (tertiary/aromatic N) is 1. The average molecular weight is 392 g/mol. The van der Waals surface area contributed by atoms with Crippen LogP contribution in [-0.4, -0.2) is 23.2 Å². The SMILES string of the molecule is NC(=O)c1ccc(C(c2ccccc2[N+](=O)[O-])(C(F)(F)F)C(F)(F)F)cc1. The maximum absolute atomic E-state index is 13.9. The van der Waals surface area contributed by atoms with E-state index in [9.17, 15) is 41.3 Å². The van der Waals surface area contributed by atoms with Crippen LogP contribution in [-0.2, 0) is 5.41 Å². The summed E-state index contributed by atoms with van der Waals surface area (Å²) >= 11 is 0. The van der Waals surface area contributed by atoms with Gasteiger partial charge in [0.25, 0.3) is 5.69 Å². The number of amides is 1. The van der Waals surface area contributed by atoms with Crippen LogP contribution in [0, 0.1) is 10.1 Å². The second-order valence-corrected chi connectivity index (χ2v) is 5.46. The van der Waals surface area contributed by atoms with E-state index in [4.69, 9.17) is 5.73 Å². The molecule has 2 rings (SSSR count). The number of hydrogen-bond acceptors (Lipinski definition) is 3. The Bertz CT molecular complexity index is 861. The number of para-hydroxylation sites is 1. The van der Waals surface area contributed by atoms with Gasteiger partial charge in [-0.25, -0.2) is 0 Å². The van der Waals surface area contributed by atoms with Gasteiger partial charge >= 0.3 is 12.4 Å². The van der Waals surface area contributed by atoms with Gasteiger partial charge in [0.1, 0.15) is 0 Å². The standard InChI is InChI=1S/C16H10F6N2O3/c17-15(18,19)14(16(20,21)22,10-7-5-9(6-8-10)13(23)25)11-3-1-2-4-12(11)24(26)27/h1-8H,(H2,23,25). The van der Waals surface area contributed by atoms with Crippen molar-refractivity contribution in [3.63, 3.8) is 0 Å². The Morgan fingerprint density at radius 1 is 0.889 bits per heavy atom. The fraction of sp³-hybridized carbons (Fsp3) is 0.188. The Morgan fingerprint density at radius 2 is 1.37 bits per heavy atom. The van der Waals surface area contributed by atoms with E-state index in [-0.39, 0.29) is 5.56 Å². The van der Waals surface area contributed by atoms with Crippen LogP contribution in [0.25, 0.3) is 0 Å². The normalized spacial score (nSPS) is 12.7. The summed E-state index contributed by atoms with van der Waals surface area (Å²) in [6, 6.07) is 5.00. The number of nitro benzene ring substituents is 1. The molecule has 27 heavy (non-hydrogen) atoms. The Kier molecular flexibility index (Phi) is 4.91. The summed E-state index contributed by atoms with van der Waals surface area (Å²) in [4.78, 5) is 20.8. The van der Waals surface area contributed by atoms with Crippen LogP contribution in [0.3, 0.4) is 0 Å². The topological polar surface area (TPSA) is 86.2 Å². The number of rotatable bonds is 4. The molecule has 1 amide bonds. The third-order valence-electron chi connectivity index (χ3n) is 3.96. The van der Waals surface area contributed by atoms with E-state index in [1.807, 2.05) is 0 Å². The lowest BCUT2D eigenvalue weighted by molar-refractivity contribution is -0.388. The minimum atomic E-state index is -5.98. The molecule has 0 bridgehead atoms. The number of carbonyl (C=O) groups excluding carboxylic acids is 1. The maximum Gasteiger partial charge on any atom is 0.411 e. The molecule has 144 valence electrons. The fourth-order valence-electron chi connectivity index (χ4n) is 2.78. The number of nitro groups is 1. The summed E-state index contributed by atoms with van der Waals surface area (Å²) in [5, 5.41) is 11.1. The molecule has 0 fully saturated rings. The first-order valence-electron chi connectivity index (χ1n) is 7.11. The summed E-state index contributed by atoms with van der Waals surface area (Å²) in [6.45, 7) is 0. The molecule has 0 saturated heterocycles. The van der Waals surface area contributed by atoms with Gasteiger partial charge in [-0.05, 0) is 17.7 Å². The van der Waals surface area contributed by atoms with Gasteiger partial charge in [0, 0.05) is 11.6 Å². The molecule has 0 heterocycles. The zero-order valence-electron chi connectivity index (χ0n) is 13.1. The number of benzene rings is 2. The summed E-state index contributed by atoms with van der Waals surface area (Å²) in [5.41, 5.74) is -4.31. The molecule has 2 N–H and O–H groups in total. The van der Waals surface area contributed by atoms with E-state index < -0.39 is 45.4 Å². The highest BCUT2D eigenvalue weighted by Gasteiger charge is 2.74. The largest absolute Gasteiger partial charge is 0.411 e. The van der Waals surface area contributed by atoms with E-state index in [2.05, 4.69) is 0 Å². The number of hydrogen-bond donors (Lipinski definition) is 1. The van der Waals surface area contributed by atoms with Gasteiger partial charge in [-0.15, -0.1) is 0 Å². The Labute approximate surface area is 147 Å². The first-order valence-corrected chi connectivity index (χ1v) is 7.11. The maximum atomic E-state index is 13.9. The van der Waals surface area contributed by atoms with Crippen molar-refractivity contribution in [1.82, 2.24) is 0 Å². The minimum absolute atomic E-state index is 0.320. The number of primary amides is 1. The molecule has 5 nitrogen and oxygen atoms in total. The Morgan fingerprint density at radius 3 is 1.78 bits per heavy atom. The van der Waals surface area contributed by atoms with E-state index in [0.29, 0.717) is 36.4 Å². The molecule has 0 unspecified atom stereocenters. The van der Waals surface area contributed by atoms with Gasteiger partial charge in [0.05, 0.1) is 10.5 Å². The molecule has 0 aliphatic rings. The van der Waals surface area contributed by atoms with Gasteiger partial charge in [-0.3, -0.25) is 14.9 Å². The molecule has 0 aliphatic heterocycles. The van der Waals surface area contributed by atoms with Gasteiger partial charge in [-0.2, -0.15) is 26.3 Å². The van der Waals surface area contributed by atoms with Crippen molar-refractivity contribution in [3.05, 3.63) is 75.3 Å². The highest BCUT2D eigenvalue weighted by Crippen LogP contribution is 2.57. The highest BCUT2D eigenvalue weighted by atomic mass is 19.4. The minimum Gasteiger partial charge on any atom is -0.366 e. The highest BCUT2D eigenvalue weighted by molar-refractivity contribution is 5.92. The van der Waals surface area contributed by atoms with Crippen LogP contribution in [0.4, 0.5) is 32.0 Å². The van der Waals surface area contributed by atoms with Crippen molar-refractivity contribution < 1.29 is 36.1 Å². The molecule has 0 atom stereocenters. The average Bonchev–Trinajstić information content (AvgIpc) is 2.53. The van der Waals surface area contributed by atoms with Crippen LogP contribution >= 0.6 is 0 Å². The number of alkyl halides is 6. The third-order valence-corrected chi connectivity index (χ3v) is 3.96. The van der Waals surface area contributed by atoms with Gasteiger partial charge in [0.2, 0.25) is 11.3 Å². The van der Waals surface area contributed by atoms with E-state index in [1.54, 1.807) is 0 Å². The fourth-order valence-corrected chi connectivity index (χ4v) is 2.78. The van der Waals surface area contributed by atoms with Crippen molar-refractivity contribution in [2.75, 3.05) is 0 Å². The van der Waals surface area contributed by atoms with Gasteiger partial charge in [-0.1, -0.05) is 30.3 Å². The first kappa shape index (κ1) is 20.2. The van der Waals surface area contributed by atoms with Crippen LogP contribution in [0.1, 0.15) is 21.5 Å². The third kappa shape index (κ3) is 3.20. The lowest BCUT2D eigenvalue weighted by Crippen LogP contribution is -2.55. The summed E-state index contributed by atoms with van der Waals surface area (Å²) in [6.07, 6.45) is -12.0. The molecular formula is C16H10F6N2O3. The van der Waals surface area contributed by atoms with E-state index >= 15 is 0 Å². The Hall–Kier alpha value is -3.11. The zero-order valence-corrected chi connectivity index (χ0v) is 13.1. The summed E-state index contributed by atoms with van der Waals surface area (Å²) < 4.78 is 83.5. The predicted molar refractivity (Wildman–Crippen MR) is 80.9 cm³/mol. The molecule has 0 aromatic heterocycles. The second kappa shape index (κ2) is 6.56. The lowest BCUT2D eigenvalue weighted by Gasteiger charge is -2.37. The van der Waals surface area contributed by atoms with Gasteiger partial charge in [0.15, 0.2) is 0 Å². The quantitative estimate of drug-likeness (QED) is 0.483. The number of nitrogens with two attached hydrogens (primary N) is 1. The molecule has 2 aromatic rings. The smallest absolute Gasteiger partial charge is 0.366 e. The first-order chi connectivity index (χ1) is 12.3. The Balaban J connectivity index is 2.97. The predicted octanol–water partition coefficient (Wildman–Crippen LogP) is 4.10. The summed E-state index contributed by atoms with van der Waals surface area (Å²) in [7, 11) is 0. The molecule has 0 radical (unpaired) electrons. The molecule has 0 spiro atoms. The number of halogens is 6. The van der Waals surface area contributed by atoms with Crippen molar-refractivity contribution in [3.8, 4) is 0 Å². The second-order valence-electron chi connectivity index (χ2n) is 5.46. The van der Waals surface area contributed by atoms with Crippen LogP contribution in [0.5, 0.6) is 0 Å². The van der Waals surface area contributed by atoms with Crippen molar-refractivity contribution in [2.24, 2.45) is 5.73 Å². The molecule has 11 heteroatoms. The van der Waals surface area contributed by atoms with Crippen molar-refractivity contribution >= 4 is 11.6 Å². The van der Waals surface area contributed by atoms with E-state index in [1.165, 1.54) is 0 Å². The van der Waals surface area contributed by atoms with Crippen molar-refractivity contribution in [1.29, 1.82) is 0 Å². The zero-order chi connectivity index (χ0) is 20.6. The monoisotopic (exact) mass is 392 g/mol. The molecular weight excluding hydrogens is 382 g/mol. The molecule has 2 aromatic carbocycles. The summed E-state index contributed by atoms with van der Waals surface area (Å²) in [5.74, 6) is -1.06. The van der Waals surface area contributed by atoms with Crippen LogP contribution in [0.15, 0.2) is 48.5 Å². The molecule has 0 saturated carbocycles. The van der Waals surface area contributed by atoms with E-state index in [0.717, 1.165) is 12.1 Å². The lowest BCUT2D eigenvalue weighted by atomic mass is 9.72. The number of carbonyl (C=O) groups is 1. The van der Waals surface area contributed by atoms with Crippen molar-refractivity contribution in [2.45, 2.75) is 17.8 Å². The van der Waals surface area contributed by atoms with Crippen LogP contribution < -0.4 is 5.73 Å². The van der Waals surface area contributed by atoms with Crippen LogP contribution in [0.2, 0.25) is 0 Å². The molecule has 0 aliphatic carbocycles.